The topological polar surface area (TPSA) is 123 Å². The third kappa shape index (κ3) is 4.13. The second kappa shape index (κ2) is 8.39. The summed E-state index contributed by atoms with van der Waals surface area (Å²) in [6.07, 6.45) is -0.143. The standard InChI is InChI=1S/C21H24N4O5/c1-12-19(26)20(27)18(22-12)17-10-25(24-23-17)9-15-8-16(13(2)30-15)21(28)29-11-14-6-4-3-5-7-14/h3-8,10,12,18-20,22,26-27H,9,11H2,1-2H3/t12-,18-,19+,20-/m0/s1. The van der Waals surface area contributed by atoms with Crippen molar-refractivity contribution in [3.63, 3.8) is 0 Å². The molecule has 1 aromatic carbocycles. The zero-order valence-electron chi connectivity index (χ0n) is 16.7. The van der Waals surface area contributed by atoms with Crippen LogP contribution in [0.2, 0.25) is 0 Å². The van der Waals surface area contributed by atoms with Crippen LogP contribution in [0.15, 0.2) is 47.0 Å². The predicted molar refractivity (Wildman–Crippen MR) is 105 cm³/mol. The first-order chi connectivity index (χ1) is 14.4. The average molecular weight is 412 g/mol. The average Bonchev–Trinajstić information content (AvgIpc) is 3.42. The molecule has 3 heterocycles. The maximum Gasteiger partial charge on any atom is 0.342 e. The molecule has 158 valence electrons. The number of aliphatic hydroxyl groups excluding tert-OH is 2. The van der Waals surface area contributed by atoms with Crippen LogP contribution >= 0.6 is 0 Å². The summed E-state index contributed by atoms with van der Waals surface area (Å²) in [6, 6.07) is 10.4. The lowest BCUT2D eigenvalue weighted by molar-refractivity contribution is 0.0295. The van der Waals surface area contributed by atoms with Gasteiger partial charge in [-0.15, -0.1) is 5.10 Å². The Morgan fingerprint density at radius 1 is 1.27 bits per heavy atom. The van der Waals surface area contributed by atoms with Crippen LogP contribution in [-0.2, 0) is 17.9 Å². The van der Waals surface area contributed by atoms with Gasteiger partial charge in [-0.1, -0.05) is 35.5 Å². The molecule has 30 heavy (non-hydrogen) atoms. The van der Waals surface area contributed by atoms with Crippen molar-refractivity contribution >= 4 is 5.97 Å². The van der Waals surface area contributed by atoms with E-state index < -0.39 is 24.2 Å². The van der Waals surface area contributed by atoms with E-state index in [-0.39, 0.29) is 19.2 Å². The number of nitrogens with zero attached hydrogens (tertiary/aromatic N) is 3. The van der Waals surface area contributed by atoms with Gasteiger partial charge < -0.3 is 24.7 Å². The number of ether oxygens (including phenoxy) is 1. The number of nitrogens with one attached hydrogen (secondary N) is 1. The summed E-state index contributed by atoms with van der Waals surface area (Å²) >= 11 is 0. The molecule has 1 aliphatic rings. The highest BCUT2D eigenvalue weighted by atomic mass is 16.5. The van der Waals surface area contributed by atoms with Crippen LogP contribution in [0.4, 0.5) is 0 Å². The Kier molecular flexibility index (Phi) is 5.67. The highest BCUT2D eigenvalue weighted by Gasteiger charge is 2.40. The highest BCUT2D eigenvalue weighted by Crippen LogP contribution is 2.26. The number of rotatable bonds is 6. The van der Waals surface area contributed by atoms with E-state index >= 15 is 0 Å². The molecule has 9 nitrogen and oxygen atoms in total. The fourth-order valence-corrected chi connectivity index (χ4v) is 3.55. The minimum atomic E-state index is -0.956. The van der Waals surface area contributed by atoms with E-state index in [2.05, 4.69) is 15.6 Å². The zero-order chi connectivity index (χ0) is 21.3. The molecule has 0 saturated carbocycles. The van der Waals surface area contributed by atoms with E-state index in [4.69, 9.17) is 9.15 Å². The van der Waals surface area contributed by atoms with Crippen molar-refractivity contribution in [2.24, 2.45) is 0 Å². The first-order valence-electron chi connectivity index (χ1n) is 9.75. The Balaban J connectivity index is 1.40. The first-order valence-corrected chi connectivity index (χ1v) is 9.75. The van der Waals surface area contributed by atoms with Crippen LogP contribution in [0, 0.1) is 6.92 Å². The number of benzene rings is 1. The second-order valence-corrected chi connectivity index (χ2v) is 7.50. The number of furan rings is 1. The summed E-state index contributed by atoms with van der Waals surface area (Å²) in [6.45, 7) is 3.95. The molecule has 1 fully saturated rings. The van der Waals surface area contributed by atoms with Crippen molar-refractivity contribution in [1.29, 1.82) is 0 Å². The quantitative estimate of drug-likeness (QED) is 0.519. The van der Waals surface area contributed by atoms with Gasteiger partial charge in [-0.3, -0.25) is 0 Å². The fraction of sp³-hybridized carbons (Fsp3) is 0.381. The lowest BCUT2D eigenvalue weighted by atomic mass is 10.1. The summed E-state index contributed by atoms with van der Waals surface area (Å²) in [5.74, 6) is 0.545. The number of esters is 1. The number of carbonyl (C=O) groups is 1. The summed E-state index contributed by atoms with van der Waals surface area (Å²) in [4.78, 5) is 12.4. The number of hydrogen-bond donors (Lipinski definition) is 3. The molecule has 9 heteroatoms. The molecule has 0 spiro atoms. The number of carbonyl (C=O) groups excluding carboxylic acids is 1. The van der Waals surface area contributed by atoms with Crippen LogP contribution in [-0.4, -0.2) is 49.4 Å². The SMILES string of the molecule is Cc1oc(Cn2cc([C@@H]3N[C@@H](C)[C@@H](O)[C@H]3O)nn2)cc1C(=O)OCc1ccccc1. The van der Waals surface area contributed by atoms with Crippen molar-refractivity contribution in [2.45, 2.75) is 51.3 Å². The van der Waals surface area contributed by atoms with Gasteiger partial charge in [0.2, 0.25) is 0 Å². The third-order valence-corrected chi connectivity index (χ3v) is 5.24. The molecular formula is C21H24N4O5. The van der Waals surface area contributed by atoms with Crippen molar-refractivity contribution < 1.29 is 24.2 Å². The Hall–Kier alpha value is -3.01. The molecule has 4 rings (SSSR count). The van der Waals surface area contributed by atoms with Gasteiger partial charge in [-0.2, -0.15) is 0 Å². The zero-order valence-corrected chi connectivity index (χ0v) is 16.7. The van der Waals surface area contributed by atoms with Crippen molar-refractivity contribution in [3.8, 4) is 0 Å². The van der Waals surface area contributed by atoms with Gasteiger partial charge in [-0.25, -0.2) is 9.48 Å². The lowest BCUT2D eigenvalue weighted by Crippen LogP contribution is -2.29. The van der Waals surface area contributed by atoms with Crippen molar-refractivity contribution in [2.75, 3.05) is 0 Å². The van der Waals surface area contributed by atoms with Gasteiger partial charge in [0.25, 0.3) is 0 Å². The lowest BCUT2D eigenvalue weighted by Gasteiger charge is -2.12. The van der Waals surface area contributed by atoms with E-state index in [0.29, 0.717) is 22.8 Å². The molecule has 3 aromatic rings. The van der Waals surface area contributed by atoms with Crippen LogP contribution in [0.3, 0.4) is 0 Å². The van der Waals surface area contributed by atoms with Crippen LogP contribution in [0.1, 0.15) is 46.1 Å². The van der Waals surface area contributed by atoms with Gasteiger partial charge >= 0.3 is 5.97 Å². The Morgan fingerprint density at radius 2 is 2.03 bits per heavy atom. The van der Waals surface area contributed by atoms with Gasteiger partial charge in [-0.05, 0) is 25.5 Å². The normalized spacial score (nSPS) is 23.6. The second-order valence-electron chi connectivity index (χ2n) is 7.50. The number of aromatic nitrogens is 3. The largest absolute Gasteiger partial charge is 0.463 e. The molecule has 4 atom stereocenters. The summed E-state index contributed by atoms with van der Waals surface area (Å²) in [5, 5.41) is 31.3. The Morgan fingerprint density at radius 3 is 2.73 bits per heavy atom. The van der Waals surface area contributed by atoms with Crippen LogP contribution < -0.4 is 5.32 Å². The molecule has 1 saturated heterocycles. The van der Waals surface area contributed by atoms with Gasteiger partial charge in [0.1, 0.15) is 42.0 Å². The van der Waals surface area contributed by atoms with Crippen molar-refractivity contribution in [1.82, 2.24) is 20.3 Å². The molecule has 0 bridgehead atoms. The molecular weight excluding hydrogens is 388 g/mol. The Labute approximate surface area is 173 Å². The maximum atomic E-state index is 12.4. The van der Waals surface area contributed by atoms with E-state index in [0.717, 1.165) is 5.56 Å². The molecule has 0 radical (unpaired) electrons. The number of hydrogen-bond acceptors (Lipinski definition) is 8. The number of aryl methyl sites for hydroxylation is 1. The monoisotopic (exact) mass is 412 g/mol. The summed E-state index contributed by atoms with van der Waals surface area (Å²) in [7, 11) is 0. The van der Waals surface area contributed by atoms with E-state index in [9.17, 15) is 15.0 Å². The van der Waals surface area contributed by atoms with Crippen LogP contribution in [0.5, 0.6) is 0 Å². The molecule has 3 N–H and O–H groups in total. The Bertz CT molecular complexity index is 1020. The summed E-state index contributed by atoms with van der Waals surface area (Å²) < 4.78 is 12.6. The molecule has 0 unspecified atom stereocenters. The number of aliphatic hydroxyl groups is 2. The fourth-order valence-electron chi connectivity index (χ4n) is 3.55. The van der Waals surface area contributed by atoms with Gasteiger partial charge in [0.15, 0.2) is 0 Å². The molecule has 1 aliphatic heterocycles. The van der Waals surface area contributed by atoms with Gasteiger partial charge in [0.05, 0.1) is 18.3 Å². The third-order valence-electron chi connectivity index (χ3n) is 5.24. The van der Waals surface area contributed by atoms with E-state index in [1.807, 2.05) is 30.3 Å². The first kappa shape index (κ1) is 20.3. The predicted octanol–water partition coefficient (Wildman–Crippen LogP) is 1.34. The highest BCUT2D eigenvalue weighted by molar-refractivity contribution is 5.90. The van der Waals surface area contributed by atoms with Crippen LogP contribution in [0.25, 0.3) is 0 Å². The molecule has 2 aromatic heterocycles. The van der Waals surface area contributed by atoms with Crippen molar-refractivity contribution in [3.05, 3.63) is 70.9 Å². The molecule has 0 aliphatic carbocycles. The summed E-state index contributed by atoms with van der Waals surface area (Å²) in [5.41, 5.74) is 1.80. The van der Waals surface area contributed by atoms with E-state index in [1.54, 1.807) is 30.8 Å². The minimum absolute atomic E-state index is 0.188. The minimum Gasteiger partial charge on any atom is -0.463 e. The van der Waals surface area contributed by atoms with E-state index in [1.165, 1.54) is 0 Å². The maximum absolute atomic E-state index is 12.4. The molecule has 0 amide bonds. The smallest absolute Gasteiger partial charge is 0.342 e. The van der Waals surface area contributed by atoms with Gasteiger partial charge in [0, 0.05) is 6.04 Å².